The van der Waals surface area contributed by atoms with Crippen LogP contribution in [0.3, 0.4) is 0 Å². The highest BCUT2D eigenvalue weighted by molar-refractivity contribution is 6.10. The lowest BCUT2D eigenvalue weighted by molar-refractivity contribution is 0.660. The van der Waals surface area contributed by atoms with E-state index in [0.29, 0.717) is 0 Å². The number of allylic oxidation sites excluding steroid dienone is 8. The van der Waals surface area contributed by atoms with Crippen molar-refractivity contribution in [2.24, 2.45) is 0 Å². The van der Waals surface area contributed by atoms with Crippen molar-refractivity contribution in [3.05, 3.63) is 265 Å². The van der Waals surface area contributed by atoms with Gasteiger partial charge < -0.3 is 9.47 Å². The van der Waals surface area contributed by atoms with E-state index in [2.05, 4.69) is 260 Å². The Morgan fingerprint density at radius 1 is 0.484 bits per heavy atom. The number of anilines is 2. The van der Waals surface area contributed by atoms with Crippen molar-refractivity contribution in [3.8, 4) is 39.1 Å². The molecule has 8 aromatic carbocycles. The van der Waals surface area contributed by atoms with Crippen molar-refractivity contribution >= 4 is 38.8 Å². The summed E-state index contributed by atoms with van der Waals surface area (Å²) in [6.07, 6.45) is 14.1. The van der Waals surface area contributed by atoms with Crippen LogP contribution in [0.1, 0.15) is 37.0 Å². The maximum atomic E-state index is 4.53. The molecule has 2 heteroatoms. The smallest absolute Gasteiger partial charge is 0.0541 e. The van der Waals surface area contributed by atoms with Crippen LogP contribution in [0.2, 0.25) is 0 Å². The zero-order valence-corrected chi connectivity index (χ0v) is 36.2. The summed E-state index contributed by atoms with van der Waals surface area (Å²) < 4.78 is 2.37. The molecule has 0 fully saturated rings. The maximum Gasteiger partial charge on any atom is 0.0541 e. The fraction of sp³-hybridized carbons (Fsp3) is 0.0645. The minimum absolute atomic E-state index is 0.127. The van der Waals surface area contributed by atoms with E-state index in [9.17, 15) is 0 Å². The molecule has 1 aromatic heterocycles. The van der Waals surface area contributed by atoms with Crippen LogP contribution in [0.25, 0.3) is 66.4 Å². The van der Waals surface area contributed by atoms with Gasteiger partial charge in [0, 0.05) is 38.9 Å². The lowest BCUT2D eigenvalue weighted by Crippen LogP contribution is -2.18. The second kappa shape index (κ2) is 16.1. The Kier molecular flexibility index (Phi) is 9.78. The van der Waals surface area contributed by atoms with Crippen molar-refractivity contribution in [1.82, 2.24) is 4.57 Å². The molecule has 9 aromatic rings. The first-order chi connectivity index (χ1) is 31.4. The summed E-state index contributed by atoms with van der Waals surface area (Å²) in [7, 11) is 0. The third-order valence-electron chi connectivity index (χ3n) is 13.1. The summed E-state index contributed by atoms with van der Waals surface area (Å²) in [5.41, 5.74) is 20.1. The number of hydrogen-bond donors (Lipinski definition) is 0. The zero-order valence-electron chi connectivity index (χ0n) is 36.2. The number of hydrogen-bond acceptors (Lipinski definition) is 1. The van der Waals surface area contributed by atoms with Crippen molar-refractivity contribution < 1.29 is 0 Å². The van der Waals surface area contributed by atoms with Crippen molar-refractivity contribution in [2.45, 2.75) is 25.7 Å². The van der Waals surface area contributed by atoms with Crippen molar-refractivity contribution in [1.29, 1.82) is 0 Å². The lowest BCUT2D eigenvalue weighted by atomic mass is 9.82. The minimum atomic E-state index is -0.127. The Hall–Kier alpha value is -7.94. The highest BCUT2D eigenvalue weighted by Gasteiger charge is 2.35. The molecule has 11 rings (SSSR count). The van der Waals surface area contributed by atoms with Crippen molar-refractivity contribution in [2.75, 3.05) is 4.90 Å². The topological polar surface area (TPSA) is 8.17 Å². The Labute approximate surface area is 376 Å². The summed E-state index contributed by atoms with van der Waals surface area (Å²) in [6.45, 7) is 9.22. The van der Waals surface area contributed by atoms with Gasteiger partial charge in [0.15, 0.2) is 0 Å². The quantitative estimate of drug-likeness (QED) is 0.155. The van der Waals surface area contributed by atoms with Gasteiger partial charge in [-0.15, -0.1) is 0 Å². The zero-order chi connectivity index (χ0) is 43.2. The molecule has 2 aliphatic rings. The van der Waals surface area contributed by atoms with Crippen LogP contribution in [0, 0.1) is 0 Å². The predicted molar refractivity (Wildman–Crippen MR) is 272 cm³/mol. The van der Waals surface area contributed by atoms with E-state index >= 15 is 0 Å². The van der Waals surface area contributed by atoms with Gasteiger partial charge in [-0.3, -0.25) is 0 Å². The number of nitrogens with zero attached hydrogens (tertiary/aromatic N) is 2. The molecule has 0 saturated carbocycles. The second-order valence-corrected chi connectivity index (χ2v) is 17.4. The van der Waals surface area contributed by atoms with Crippen LogP contribution in [0.5, 0.6) is 0 Å². The largest absolute Gasteiger partial charge is 0.310 e. The molecule has 0 atom stereocenters. The Bertz CT molecular complexity index is 3370. The van der Waals surface area contributed by atoms with Crippen LogP contribution >= 0.6 is 0 Å². The van der Waals surface area contributed by atoms with Crippen LogP contribution in [0.4, 0.5) is 11.4 Å². The predicted octanol–water partition coefficient (Wildman–Crippen LogP) is 16.6. The molecule has 1 heterocycles. The second-order valence-electron chi connectivity index (χ2n) is 17.4. The monoisotopic (exact) mass is 820 g/mol. The molecule has 64 heavy (non-hydrogen) atoms. The molecule has 0 spiro atoms. The minimum Gasteiger partial charge on any atom is -0.310 e. The van der Waals surface area contributed by atoms with E-state index in [1.807, 2.05) is 0 Å². The summed E-state index contributed by atoms with van der Waals surface area (Å²) in [4.78, 5) is 2.39. The Balaban J connectivity index is 0.966. The molecule has 0 saturated heterocycles. The molecule has 306 valence electrons. The molecule has 0 amide bonds. The SMILES string of the molecule is C=C1/C=C\C(c2ccccc2)=C/C/C=C\C(N(c2ccc(-c3cccc(-c4ccc5c(c4)c4ccccc4n5-c4ccccc4)c3)cc2)c2ccc3c(c2)C(C)(C)c2ccccc2-3)=C/1. The standard InChI is InChI=1S/C62H48N2/c1-43-29-30-45(44-17-6-4-7-18-44)19-10-11-24-52(39-43)63(53-36-37-55-54-25-12-14-27-58(54)62(2,3)59(55)42-53)51-34-31-46(32-35-51)47-20-16-21-48(40-47)49-33-38-61-57(41-49)56-26-13-15-28-60(56)64(61)50-22-8-5-9-23-50/h4-9,11-42H,1,10H2,2-3H3/b24-11-,30-29-,45-19+,52-39+. The van der Waals surface area contributed by atoms with Gasteiger partial charge in [-0.2, -0.15) is 0 Å². The van der Waals surface area contributed by atoms with E-state index < -0.39 is 0 Å². The van der Waals surface area contributed by atoms with Crippen LogP contribution in [0.15, 0.2) is 248 Å². The number of fused-ring (bicyclic) bond motifs is 6. The molecular formula is C62H48N2. The highest BCUT2D eigenvalue weighted by Crippen LogP contribution is 2.50. The number of aromatic nitrogens is 1. The molecule has 2 nitrogen and oxygen atoms in total. The summed E-state index contributed by atoms with van der Waals surface area (Å²) >= 11 is 0. The molecule has 2 aliphatic carbocycles. The Morgan fingerprint density at radius 3 is 1.95 bits per heavy atom. The summed E-state index contributed by atoms with van der Waals surface area (Å²) in [5, 5.41) is 2.50. The normalized spacial score (nSPS) is 16.9. The third kappa shape index (κ3) is 6.94. The summed E-state index contributed by atoms with van der Waals surface area (Å²) in [5.74, 6) is 0. The van der Waals surface area contributed by atoms with E-state index in [1.165, 1.54) is 83.1 Å². The molecule has 0 bridgehead atoms. The number of para-hydroxylation sites is 2. The molecule has 0 N–H and O–H groups in total. The Morgan fingerprint density at radius 2 is 1.12 bits per heavy atom. The summed E-state index contributed by atoms with van der Waals surface area (Å²) in [6, 6.07) is 70.7. The highest BCUT2D eigenvalue weighted by atomic mass is 15.1. The van der Waals surface area contributed by atoms with E-state index in [1.54, 1.807) is 0 Å². The van der Waals surface area contributed by atoms with Gasteiger partial charge in [0.25, 0.3) is 0 Å². The van der Waals surface area contributed by atoms with Gasteiger partial charge in [0.05, 0.1) is 11.0 Å². The lowest BCUT2D eigenvalue weighted by Gasteiger charge is -2.29. The first kappa shape index (κ1) is 38.9. The van der Waals surface area contributed by atoms with Gasteiger partial charge in [-0.1, -0.05) is 178 Å². The fourth-order valence-corrected chi connectivity index (χ4v) is 9.89. The molecule has 0 unspecified atom stereocenters. The van der Waals surface area contributed by atoms with Crippen LogP contribution in [-0.4, -0.2) is 4.57 Å². The third-order valence-corrected chi connectivity index (χ3v) is 13.1. The fourth-order valence-electron chi connectivity index (χ4n) is 9.89. The molecule has 0 aliphatic heterocycles. The first-order valence-corrected chi connectivity index (χ1v) is 22.3. The van der Waals surface area contributed by atoms with Gasteiger partial charge >= 0.3 is 0 Å². The van der Waals surface area contributed by atoms with E-state index in [4.69, 9.17) is 0 Å². The van der Waals surface area contributed by atoms with Crippen LogP contribution in [-0.2, 0) is 5.41 Å². The average Bonchev–Trinajstić information content (AvgIpc) is 3.79. The van der Waals surface area contributed by atoms with Crippen LogP contribution < -0.4 is 4.90 Å². The van der Waals surface area contributed by atoms with Gasteiger partial charge in [0.1, 0.15) is 0 Å². The molecule has 0 radical (unpaired) electrons. The van der Waals surface area contributed by atoms with Gasteiger partial charge in [-0.05, 0) is 140 Å². The van der Waals surface area contributed by atoms with Gasteiger partial charge in [0.2, 0.25) is 0 Å². The maximum absolute atomic E-state index is 4.53. The van der Waals surface area contributed by atoms with Gasteiger partial charge in [-0.25, -0.2) is 0 Å². The van der Waals surface area contributed by atoms with E-state index in [-0.39, 0.29) is 5.41 Å². The average molecular weight is 821 g/mol. The van der Waals surface area contributed by atoms with Crippen molar-refractivity contribution in [3.63, 3.8) is 0 Å². The number of rotatable bonds is 7. The van der Waals surface area contributed by atoms with E-state index in [0.717, 1.165) is 29.1 Å². The first-order valence-electron chi connectivity index (χ1n) is 22.3. The number of benzene rings is 8. The molecular weight excluding hydrogens is 773 g/mol.